The molecule has 2 heteroatoms. The fourth-order valence-electron chi connectivity index (χ4n) is 1.95. The maximum Gasteiger partial charge on any atom is 0.0363 e. The average molecular weight is 259 g/mol. The van der Waals surface area contributed by atoms with Crippen LogP contribution in [0.5, 0.6) is 0 Å². The van der Waals surface area contributed by atoms with Gasteiger partial charge in [0.15, 0.2) is 0 Å². The lowest BCUT2D eigenvalue weighted by atomic mass is 10.1. The monoisotopic (exact) mass is 259 g/mol. The molecular weight excluding hydrogens is 238 g/mol. The van der Waals surface area contributed by atoms with Gasteiger partial charge in [0.05, 0.1) is 0 Å². The number of nitrogens with zero attached hydrogens (tertiary/aromatic N) is 1. The van der Waals surface area contributed by atoms with Crippen molar-refractivity contribution in [3.63, 3.8) is 0 Å². The van der Waals surface area contributed by atoms with Crippen molar-refractivity contribution < 1.29 is 0 Å². The van der Waals surface area contributed by atoms with Crippen molar-refractivity contribution in [1.82, 2.24) is 0 Å². The maximum absolute atomic E-state index is 2.27. The zero-order valence-corrected chi connectivity index (χ0v) is 12.4. The maximum atomic E-state index is 2.27. The van der Waals surface area contributed by atoms with Gasteiger partial charge in [0, 0.05) is 36.0 Å². The van der Waals surface area contributed by atoms with E-state index in [2.05, 4.69) is 69.2 Å². The molecule has 2 rings (SSSR count). The second-order valence-corrected chi connectivity index (χ2v) is 6.40. The minimum atomic E-state index is 0.636. The molecule has 1 aromatic heterocycles. The predicted octanol–water partition coefficient (Wildman–Crippen LogP) is 4.53. The summed E-state index contributed by atoms with van der Waals surface area (Å²) in [5, 5.41) is 0. The predicted molar refractivity (Wildman–Crippen MR) is 82.0 cm³/mol. The van der Waals surface area contributed by atoms with Crippen LogP contribution < -0.4 is 4.90 Å². The van der Waals surface area contributed by atoms with Crippen LogP contribution in [0.3, 0.4) is 0 Å². The molecule has 18 heavy (non-hydrogen) atoms. The van der Waals surface area contributed by atoms with Crippen molar-refractivity contribution >= 4 is 17.0 Å². The topological polar surface area (TPSA) is 3.24 Å². The molecule has 1 nitrogen and oxygen atoms in total. The summed E-state index contributed by atoms with van der Waals surface area (Å²) in [6, 6.07) is 13.3. The van der Waals surface area contributed by atoms with Crippen molar-refractivity contribution in [2.24, 2.45) is 0 Å². The Kier molecular flexibility index (Phi) is 4.07. The Hall–Kier alpha value is -1.28. The van der Waals surface area contributed by atoms with Crippen LogP contribution in [0.4, 0.5) is 5.69 Å². The Bertz CT molecular complexity index is 511. The van der Waals surface area contributed by atoms with E-state index >= 15 is 0 Å². The molecule has 0 saturated heterocycles. The molecule has 1 heterocycles. The molecule has 0 fully saturated rings. The molecule has 1 aromatic carbocycles. The van der Waals surface area contributed by atoms with Gasteiger partial charge in [-0.25, -0.2) is 0 Å². The van der Waals surface area contributed by atoms with Crippen molar-refractivity contribution in [3.8, 4) is 0 Å². The first kappa shape index (κ1) is 13.2. The van der Waals surface area contributed by atoms with Crippen molar-refractivity contribution in [2.75, 3.05) is 19.0 Å². The molecule has 0 saturated carbocycles. The van der Waals surface area contributed by atoms with Gasteiger partial charge in [0.2, 0.25) is 0 Å². The Labute approximate surface area is 114 Å². The van der Waals surface area contributed by atoms with E-state index in [1.54, 1.807) is 0 Å². The highest BCUT2D eigenvalue weighted by molar-refractivity contribution is 7.12. The SMILES string of the molecule is CC(C)c1ccc(Cc2cccc(N(C)C)c2)s1. The van der Waals surface area contributed by atoms with Gasteiger partial charge in [0.25, 0.3) is 0 Å². The summed E-state index contributed by atoms with van der Waals surface area (Å²) in [4.78, 5) is 5.08. The normalized spacial score (nSPS) is 10.9. The first-order valence-electron chi connectivity index (χ1n) is 6.41. The summed E-state index contributed by atoms with van der Waals surface area (Å²) in [5.74, 6) is 0.636. The summed E-state index contributed by atoms with van der Waals surface area (Å²) >= 11 is 1.94. The third kappa shape index (κ3) is 3.14. The number of anilines is 1. The number of hydrogen-bond acceptors (Lipinski definition) is 2. The molecule has 0 aliphatic heterocycles. The van der Waals surface area contributed by atoms with Gasteiger partial charge < -0.3 is 4.90 Å². The highest BCUT2D eigenvalue weighted by Crippen LogP contribution is 2.26. The van der Waals surface area contributed by atoms with Crippen LogP contribution in [-0.4, -0.2) is 14.1 Å². The highest BCUT2D eigenvalue weighted by Gasteiger charge is 2.05. The Morgan fingerprint density at radius 2 is 1.89 bits per heavy atom. The molecular formula is C16H21NS. The van der Waals surface area contributed by atoms with Crippen LogP contribution in [0.1, 0.15) is 35.1 Å². The Balaban J connectivity index is 2.15. The van der Waals surface area contributed by atoms with E-state index in [-0.39, 0.29) is 0 Å². The van der Waals surface area contributed by atoms with Crippen LogP contribution in [0, 0.1) is 0 Å². The minimum Gasteiger partial charge on any atom is -0.378 e. The number of hydrogen-bond donors (Lipinski definition) is 0. The molecule has 0 aliphatic rings. The number of thiophene rings is 1. The third-order valence-electron chi connectivity index (χ3n) is 3.06. The van der Waals surface area contributed by atoms with Crippen molar-refractivity contribution in [2.45, 2.75) is 26.2 Å². The van der Waals surface area contributed by atoms with Gasteiger partial charge in [-0.1, -0.05) is 26.0 Å². The average Bonchev–Trinajstić information content (AvgIpc) is 2.78. The summed E-state index contributed by atoms with van der Waals surface area (Å²) in [7, 11) is 4.17. The van der Waals surface area contributed by atoms with Crippen molar-refractivity contribution in [3.05, 3.63) is 51.7 Å². The molecule has 2 aromatic rings. The second kappa shape index (κ2) is 5.57. The van der Waals surface area contributed by atoms with Gasteiger partial charge in [-0.2, -0.15) is 0 Å². The lowest BCUT2D eigenvalue weighted by Crippen LogP contribution is -2.08. The molecule has 0 amide bonds. The van der Waals surface area contributed by atoms with Gasteiger partial charge in [-0.3, -0.25) is 0 Å². The third-order valence-corrected chi connectivity index (χ3v) is 4.44. The van der Waals surface area contributed by atoms with Crippen LogP contribution >= 0.6 is 11.3 Å². The molecule has 0 spiro atoms. The van der Waals surface area contributed by atoms with E-state index in [1.807, 2.05) is 11.3 Å². The van der Waals surface area contributed by atoms with Crippen LogP contribution in [0.25, 0.3) is 0 Å². The first-order valence-corrected chi connectivity index (χ1v) is 7.23. The van der Waals surface area contributed by atoms with Gasteiger partial charge in [0.1, 0.15) is 0 Å². The minimum absolute atomic E-state index is 0.636. The van der Waals surface area contributed by atoms with E-state index < -0.39 is 0 Å². The largest absolute Gasteiger partial charge is 0.378 e. The number of benzene rings is 1. The fourth-order valence-corrected chi connectivity index (χ4v) is 3.00. The van der Waals surface area contributed by atoms with Crippen LogP contribution in [0.15, 0.2) is 36.4 Å². The van der Waals surface area contributed by atoms with Gasteiger partial charge >= 0.3 is 0 Å². The lowest BCUT2D eigenvalue weighted by molar-refractivity contribution is 0.890. The summed E-state index contributed by atoms with van der Waals surface area (Å²) in [5.41, 5.74) is 2.66. The summed E-state index contributed by atoms with van der Waals surface area (Å²) < 4.78 is 0. The Morgan fingerprint density at radius 3 is 2.50 bits per heavy atom. The smallest absolute Gasteiger partial charge is 0.0363 e. The van der Waals surface area contributed by atoms with E-state index in [0.29, 0.717) is 5.92 Å². The van der Waals surface area contributed by atoms with Gasteiger partial charge in [-0.15, -0.1) is 11.3 Å². The van der Waals surface area contributed by atoms with E-state index in [0.717, 1.165) is 6.42 Å². The van der Waals surface area contributed by atoms with Gasteiger partial charge in [-0.05, 0) is 35.7 Å². The molecule has 96 valence electrons. The quantitative estimate of drug-likeness (QED) is 0.780. The van der Waals surface area contributed by atoms with Crippen LogP contribution in [0.2, 0.25) is 0 Å². The molecule has 0 bridgehead atoms. The van der Waals surface area contributed by atoms with Crippen molar-refractivity contribution in [1.29, 1.82) is 0 Å². The molecule has 0 unspecified atom stereocenters. The summed E-state index contributed by atoms with van der Waals surface area (Å²) in [6.45, 7) is 4.50. The zero-order chi connectivity index (χ0) is 13.1. The molecule has 0 aliphatic carbocycles. The highest BCUT2D eigenvalue weighted by atomic mass is 32.1. The lowest BCUT2D eigenvalue weighted by Gasteiger charge is -2.13. The van der Waals surface area contributed by atoms with E-state index in [9.17, 15) is 0 Å². The standard InChI is InChI=1S/C16H21NS/c1-12(2)16-9-8-15(18-16)11-13-6-5-7-14(10-13)17(3)4/h5-10,12H,11H2,1-4H3. The second-order valence-electron chi connectivity index (χ2n) is 5.20. The zero-order valence-electron chi connectivity index (χ0n) is 11.6. The summed E-state index contributed by atoms with van der Waals surface area (Å²) in [6.07, 6.45) is 1.04. The first-order chi connectivity index (χ1) is 8.56. The fraction of sp³-hybridized carbons (Fsp3) is 0.375. The molecule has 0 atom stereocenters. The van der Waals surface area contributed by atoms with E-state index in [4.69, 9.17) is 0 Å². The van der Waals surface area contributed by atoms with E-state index in [1.165, 1.54) is 21.0 Å². The Morgan fingerprint density at radius 1 is 1.11 bits per heavy atom. The van der Waals surface area contributed by atoms with Crippen LogP contribution in [-0.2, 0) is 6.42 Å². The molecule has 0 radical (unpaired) electrons. The molecule has 0 N–H and O–H groups in total. The number of rotatable bonds is 4.